The second-order valence-electron chi connectivity index (χ2n) is 6.98. The Morgan fingerprint density at radius 3 is 2.57 bits per heavy atom. The molecule has 0 atom stereocenters. The summed E-state index contributed by atoms with van der Waals surface area (Å²) in [5.41, 5.74) is 3.87. The minimum Gasteiger partial charge on any atom is -0.507 e. The summed E-state index contributed by atoms with van der Waals surface area (Å²) in [6.45, 7) is 5.90. The number of hydrogen-bond acceptors (Lipinski definition) is 5. The third-order valence-corrected chi connectivity index (χ3v) is 5.14. The monoisotopic (exact) mass is 373 g/mol. The first-order valence-electron chi connectivity index (χ1n) is 9.09. The maximum Gasteiger partial charge on any atom is 0.345 e. The Kier molecular flexibility index (Phi) is 4.23. The number of carbonyl (C=O) groups excluding carboxylic acids is 1. The van der Waals surface area contributed by atoms with Crippen molar-refractivity contribution >= 4 is 27.7 Å². The molecule has 4 rings (SSSR count). The van der Waals surface area contributed by atoms with Crippen LogP contribution in [0, 0.1) is 13.8 Å². The maximum atomic E-state index is 12.9. The van der Waals surface area contributed by atoms with Gasteiger partial charge in [-0.25, -0.2) is 4.79 Å². The van der Waals surface area contributed by atoms with Gasteiger partial charge in [-0.2, -0.15) is 0 Å². The first-order valence-corrected chi connectivity index (χ1v) is 9.09. The van der Waals surface area contributed by atoms with E-state index in [9.17, 15) is 14.7 Å². The SMILES string of the molecule is CCc1ccc(O)c(C(=O)c2cnc3c(c2)c(=O)oc2cc(C)c(C)cc23)c1. The lowest BCUT2D eigenvalue weighted by Gasteiger charge is -2.08. The Morgan fingerprint density at radius 2 is 1.82 bits per heavy atom. The van der Waals surface area contributed by atoms with Crippen LogP contribution in [-0.4, -0.2) is 15.9 Å². The first kappa shape index (κ1) is 17.9. The highest BCUT2D eigenvalue weighted by atomic mass is 16.4. The van der Waals surface area contributed by atoms with Gasteiger partial charge in [0, 0.05) is 17.1 Å². The number of fused-ring (bicyclic) bond motifs is 3. The number of carbonyl (C=O) groups is 1. The van der Waals surface area contributed by atoms with Gasteiger partial charge in [0.05, 0.1) is 16.5 Å². The van der Waals surface area contributed by atoms with Crippen LogP contribution in [0.4, 0.5) is 0 Å². The molecule has 0 saturated carbocycles. The van der Waals surface area contributed by atoms with Crippen molar-refractivity contribution in [2.75, 3.05) is 0 Å². The number of benzene rings is 2. The number of ketones is 1. The zero-order valence-electron chi connectivity index (χ0n) is 15.9. The summed E-state index contributed by atoms with van der Waals surface area (Å²) in [4.78, 5) is 29.8. The van der Waals surface area contributed by atoms with E-state index >= 15 is 0 Å². The lowest BCUT2D eigenvalue weighted by atomic mass is 9.99. The van der Waals surface area contributed by atoms with E-state index in [1.54, 1.807) is 12.1 Å². The molecule has 0 aliphatic carbocycles. The average Bonchev–Trinajstić information content (AvgIpc) is 2.69. The summed E-state index contributed by atoms with van der Waals surface area (Å²) in [5.74, 6) is -0.485. The molecule has 4 aromatic rings. The summed E-state index contributed by atoms with van der Waals surface area (Å²) in [6, 6.07) is 10.2. The van der Waals surface area contributed by atoms with Crippen LogP contribution in [0.3, 0.4) is 0 Å². The molecule has 2 heterocycles. The molecule has 0 spiro atoms. The molecule has 0 aliphatic rings. The second-order valence-corrected chi connectivity index (χ2v) is 6.98. The van der Waals surface area contributed by atoms with Crippen LogP contribution in [0.2, 0.25) is 0 Å². The highest BCUT2D eigenvalue weighted by molar-refractivity contribution is 6.13. The molecule has 2 aromatic carbocycles. The van der Waals surface area contributed by atoms with Gasteiger partial charge in [0.15, 0.2) is 5.78 Å². The van der Waals surface area contributed by atoms with Crippen molar-refractivity contribution in [3.63, 3.8) is 0 Å². The Hall–Kier alpha value is -3.47. The standard InChI is InChI=1S/C23H19NO4/c1-4-14-5-6-19(25)16(9-14)22(26)15-10-18-21(24-11-15)17-7-12(2)13(3)8-20(17)28-23(18)27/h5-11,25H,4H2,1-3H3. The van der Waals surface area contributed by atoms with E-state index < -0.39 is 5.63 Å². The Morgan fingerprint density at radius 1 is 1.07 bits per heavy atom. The van der Waals surface area contributed by atoms with E-state index in [-0.39, 0.29) is 28.0 Å². The molecule has 1 N–H and O–H groups in total. The molecule has 140 valence electrons. The fraction of sp³-hybridized carbons (Fsp3) is 0.174. The van der Waals surface area contributed by atoms with Gasteiger partial charge in [-0.15, -0.1) is 0 Å². The Bertz CT molecular complexity index is 1320. The predicted molar refractivity (Wildman–Crippen MR) is 108 cm³/mol. The van der Waals surface area contributed by atoms with Crippen molar-refractivity contribution in [3.05, 3.63) is 80.8 Å². The third kappa shape index (κ3) is 2.85. The van der Waals surface area contributed by atoms with E-state index in [4.69, 9.17) is 4.42 Å². The number of aromatic hydroxyl groups is 1. The van der Waals surface area contributed by atoms with Crippen molar-refractivity contribution in [1.82, 2.24) is 4.98 Å². The fourth-order valence-electron chi connectivity index (χ4n) is 3.31. The van der Waals surface area contributed by atoms with Crippen molar-refractivity contribution in [2.24, 2.45) is 0 Å². The van der Waals surface area contributed by atoms with Crippen LogP contribution >= 0.6 is 0 Å². The van der Waals surface area contributed by atoms with Gasteiger partial charge >= 0.3 is 5.63 Å². The van der Waals surface area contributed by atoms with E-state index in [2.05, 4.69) is 4.98 Å². The van der Waals surface area contributed by atoms with Crippen LogP contribution in [0.25, 0.3) is 21.9 Å². The topological polar surface area (TPSA) is 80.4 Å². The van der Waals surface area contributed by atoms with Gasteiger partial charge in [0.2, 0.25) is 0 Å². The van der Waals surface area contributed by atoms with E-state index in [1.807, 2.05) is 32.9 Å². The lowest BCUT2D eigenvalue weighted by Crippen LogP contribution is -2.07. The Labute approximate surface area is 161 Å². The number of pyridine rings is 1. The number of rotatable bonds is 3. The minimum atomic E-state index is -0.542. The summed E-state index contributed by atoms with van der Waals surface area (Å²) in [5, 5.41) is 11.1. The van der Waals surface area contributed by atoms with Crippen molar-refractivity contribution < 1.29 is 14.3 Å². The minimum absolute atomic E-state index is 0.0982. The molecule has 0 aliphatic heterocycles. The number of aromatic nitrogens is 1. The summed E-state index contributed by atoms with van der Waals surface area (Å²) < 4.78 is 5.46. The molecule has 0 radical (unpaired) electrons. The molecule has 2 aromatic heterocycles. The van der Waals surface area contributed by atoms with Crippen LogP contribution in [0.1, 0.15) is 39.5 Å². The third-order valence-electron chi connectivity index (χ3n) is 5.14. The zero-order valence-corrected chi connectivity index (χ0v) is 15.9. The highest BCUT2D eigenvalue weighted by Crippen LogP contribution is 2.27. The highest BCUT2D eigenvalue weighted by Gasteiger charge is 2.18. The van der Waals surface area contributed by atoms with Crippen molar-refractivity contribution in [1.29, 1.82) is 0 Å². The molecule has 0 bridgehead atoms. The summed E-state index contributed by atoms with van der Waals surface area (Å²) >= 11 is 0. The van der Waals surface area contributed by atoms with Gasteiger partial charge < -0.3 is 9.52 Å². The quantitative estimate of drug-likeness (QED) is 0.326. The average molecular weight is 373 g/mol. The van der Waals surface area contributed by atoms with Crippen LogP contribution < -0.4 is 5.63 Å². The number of phenols is 1. The molecule has 5 heteroatoms. The number of aryl methyl sites for hydroxylation is 3. The molecule has 0 fully saturated rings. The maximum absolute atomic E-state index is 12.9. The molecule has 0 amide bonds. The second kappa shape index (κ2) is 6.60. The van der Waals surface area contributed by atoms with Crippen LogP contribution in [-0.2, 0) is 6.42 Å². The fourth-order valence-corrected chi connectivity index (χ4v) is 3.31. The first-order chi connectivity index (χ1) is 13.4. The predicted octanol–water partition coefficient (Wildman–Crippen LogP) is 4.46. The van der Waals surface area contributed by atoms with Gasteiger partial charge in [0.1, 0.15) is 11.3 Å². The van der Waals surface area contributed by atoms with Gasteiger partial charge in [-0.05, 0) is 67.3 Å². The molecule has 5 nitrogen and oxygen atoms in total. The largest absolute Gasteiger partial charge is 0.507 e. The van der Waals surface area contributed by atoms with Gasteiger partial charge in [0.25, 0.3) is 0 Å². The molecular weight excluding hydrogens is 354 g/mol. The number of phenolic OH excluding ortho intramolecular Hbond substituents is 1. The lowest BCUT2D eigenvalue weighted by molar-refractivity contribution is 0.103. The zero-order chi connectivity index (χ0) is 20.0. The van der Waals surface area contributed by atoms with E-state index in [0.29, 0.717) is 11.1 Å². The molecular formula is C23H19NO4. The van der Waals surface area contributed by atoms with Crippen LogP contribution in [0.15, 0.2) is 51.8 Å². The number of hydrogen-bond donors (Lipinski definition) is 1. The Balaban J connectivity index is 1.92. The number of nitrogens with zero attached hydrogens (tertiary/aromatic N) is 1. The normalized spacial score (nSPS) is 11.2. The van der Waals surface area contributed by atoms with Crippen molar-refractivity contribution in [2.45, 2.75) is 27.2 Å². The summed E-state index contributed by atoms with van der Waals surface area (Å²) in [6.07, 6.45) is 2.18. The van der Waals surface area contributed by atoms with Gasteiger partial charge in [-0.3, -0.25) is 9.78 Å². The smallest absolute Gasteiger partial charge is 0.345 e. The van der Waals surface area contributed by atoms with Crippen molar-refractivity contribution in [3.8, 4) is 5.75 Å². The van der Waals surface area contributed by atoms with E-state index in [1.165, 1.54) is 18.3 Å². The van der Waals surface area contributed by atoms with E-state index in [0.717, 1.165) is 28.5 Å². The van der Waals surface area contributed by atoms with Crippen LogP contribution in [0.5, 0.6) is 5.75 Å². The molecule has 0 unspecified atom stereocenters. The molecule has 0 saturated heterocycles. The van der Waals surface area contributed by atoms with Gasteiger partial charge in [-0.1, -0.05) is 13.0 Å². The molecule has 28 heavy (non-hydrogen) atoms. The summed E-state index contributed by atoms with van der Waals surface area (Å²) in [7, 11) is 0.